The standard InChI is InChI=1S/C15H27N5O2S/c1-6-16-13(20-10-12-19-9-11(2)23-12)17-7-8-18-14(21)22-15(3,4)5/h9H,6-8,10H2,1-5H3,(H,18,21)(H2,16,17,20). The number of aryl methyl sites for hydroxylation is 1. The normalized spacial score (nSPS) is 12.0. The third-order valence-electron chi connectivity index (χ3n) is 2.47. The molecule has 3 N–H and O–H groups in total. The summed E-state index contributed by atoms with van der Waals surface area (Å²) in [4.78, 5) is 21.5. The molecule has 1 heterocycles. The molecule has 0 aliphatic rings. The summed E-state index contributed by atoms with van der Waals surface area (Å²) in [7, 11) is 0. The number of nitrogens with one attached hydrogen (secondary N) is 3. The molecule has 0 atom stereocenters. The Morgan fingerprint density at radius 1 is 1.30 bits per heavy atom. The van der Waals surface area contributed by atoms with Crippen molar-refractivity contribution in [3.05, 3.63) is 16.1 Å². The highest BCUT2D eigenvalue weighted by Gasteiger charge is 2.15. The van der Waals surface area contributed by atoms with E-state index in [1.165, 1.54) is 4.88 Å². The van der Waals surface area contributed by atoms with Gasteiger partial charge in [-0.05, 0) is 34.6 Å². The molecule has 7 nitrogen and oxygen atoms in total. The van der Waals surface area contributed by atoms with Gasteiger partial charge in [0.1, 0.15) is 10.6 Å². The van der Waals surface area contributed by atoms with Crippen molar-refractivity contribution in [2.24, 2.45) is 4.99 Å². The molecule has 0 saturated heterocycles. The van der Waals surface area contributed by atoms with Gasteiger partial charge in [0.15, 0.2) is 5.96 Å². The predicted octanol–water partition coefficient (Wildman–Crippen LogP) is 2.03. The van der Waals surface area contributed by atoms with Crippen LogP contribution in [0.5, 0.6) is 0 Å². The molecule has 1 aromatic heterocycles. The summed E-state index contributed by atoms with van der Waals surface area (Å²) in [5.41, 5.74) is -0.486. The Balaban J connectivity index is 2.34. The zero-order chi connectivity index (χ0) is 17.3. The smallest absolute Gasteiger partial charge is 0.407 e. The van der Waals surface area contributed by atoms with Gasteiger partial charge in [-0.1, -0.05) is 0 Å². The molecule has 1 aromatic rings. The molecular weight excluding hydrogens is 314 g/mol. The summed E-state index contributed by atoms with van der Waals surface area (Å²) in [6.45, 7) is 11.8. The topological polar surface area (TPSA) is 87.6 Å². The summed E-state index contributed by atoms with van der Waals surface area (Å²) in [5, 5.41) is 9.99. The molecule has 0 saturated carbocycles. The molecule has 23 heavy (non-hydrogen) atoms. The van der Waals surface area contributed by atoms with E-state index >= 15 is 0 Å². The van der Waals surface area contributed by atoms with Gasteiger partial charge in [0.2, 0.25) is 0 Å². The fraction of sp³-hybridized carbons (Fsp3) is 0.667. The van der Waals surface area contributed by atoms with Gasteiger partial charge in [-0.2, -0.15) is 0 Å². The molecule has 0 spiro atoms. The van der Waals surface area contributed by atoms with Crippen LogP contribution >= 0.6 is 11.3 Å². The van der Waals surface area contributed by atoms with E-state index in [1.807, 2.05) is 40.8 Å². The first-order valence-electron chi connectivity index (χ1n) is 7.70. The number of rotatable bonds is 6. The average molecular weight is 341 g/mol. The number of aliphatic imine (C=N–C) groups is 1. The van der Waals surface area contributed by atoms with Gasteiger partial charge in [-0.25, -0.2) is 14.8 Å². The van der Waals surface area contributed by atoms with Gasteiger partial charge >= 0.3 is 6.09 Å². The number of nitrogens with zero attached hydrogens (tertiary/aromatic N) is 2. The van der Waals surface area contributed by atoms with Gasteiger partial charge < -0.3 is 20.7 Å². The number of carbonyl (C=O) groups is 1. The van der Waals surface area contributed by atoms with Gasteiger partial charge in [0, 0.05) is 30.7 Å². The maximum atomic E-state index is 11.5. The SMILES string of the molecule is CCNC(=NCc1ncc(C)s1)NCCNC(=O)OC(C)(C)C. The van der Waals surface area contributed by atoms with E-state index in [0.717, 1.165) is 11.6 Å². The summed E-state index contributed by atoms with van der Waals surface area (Å²) in [6.07, 6.45) is 1.43. The minimum absolute atomic E-state index is 0.417. The van der Waals surface area contributed by atoms with E-state index in [2.05, 4.69) is 25.9 Å². The molecule has 0 aromatic carbocycles. The van der Waals surface area contributed by atoms with E-state index in [-0.39, 0.29) is 0 Å². The van der Waals surface area contributed by atoms with Crippen LogP contribution in [0.4, 0.5) is 4.79 Å². The van der Waals surface area contributed by atoms with Crippen molar-refractivity contribution >= 4 is 23.4 Å². The fourth-order valence-electron chi connectivity index (χ4n) is 1.62. The van der Waals surface area contributed by atoms with Crippen LogP contribution in [0.1, 0.15) is 37.6 Å². The Morgan fingerprint density at radius 3 is 2.57 bits per heavy atom. The first-order valence-corrected chi connectivity index (χ1v) is 8.52. The molecule has 0 radical (unpaired) electrons. The van der Waals surface area contributed by atoms with E-state index < -0.39 is 11.7 Å². The molecule has 0 unspecified atom stereocenters. The average Bonchev–Trinajstić information content (AvgIpc) is 2.84. The third-order valence-corrected chi connectivity index (χ3v) is 3.37. The van der Waals surface area contributed by atoms with Crippen molar-refractivity contribution in [2.45, 2.75) is 46.8 Å². The molecule has 0 bridgehead atoms. The summed E-state index contributed by atoms with van der Waals surface area (Å²) in [5.74, 6) is 0.700. The minimum Gasteiger partial charge on any atom is -0.444 e. The van der Waals surface area contributed by atoms with Crippen molar-refractivity contribution in [3.8, 4) is 0 Å². The van der Waals surface area contributed by atoms with Gasteiger partial charge in [0.05, 0.1) is 6.54 Å². The Labute approximate surface area is 141 Å². The van der Waals surface area contributed by atoms with Crippen LogP contribution in [0.3, 0.4) is 0 Å². The van der Waals surface area contributed by atoms with E-state index in [1.54, 1.807) is 11.3 Å². The van der Waals surface area contributed by atoms with Gasteiger partial charge in [-0.15, -0.1) is 11.3 Å². The Hall–Kier alpha value is -1.83. The first kappa shape index (κ1) is 19.2. The number of thiazole rings is 1. The van der Waals surface area contributed by atoms with Gasteiger partial charge in [-0.3, -0.25) is 0 Å². The zero-order valence-corrected chi connectivity index (χ0v) is 15.3. The van der Waals surface area contributed by atoms with Crippen LogP contribution in [-0.2, 0) is 11.3 Å². The number of aromatic nitrogens is 1. The number of alkyl carbamates (subject to hydrolysis) is 1. The lowest BCUT2D eigenvalue weighted by molar-refractivity contribution is 0.0529. The lowest BCUT2D eigenvalue weighted by Gasteiger charge is -2.19. The maximum Gasteiger partial charge on any atom is 0.407 e. The van der Waals surface area contributed by atoms with E-state index in [4.69, 9.17) is 4.74 Å². The quantitative estimate of drug-likeness (QED) is 0.419. The highest BCUT2D eigenvalue weighted by atomic mass is 32.1. The molecule has 0 fully saturated rings. The van der Waals surface area contributed by atoms with Crippen molar-refractivity contribution in [1.29, 1.82) is 0 Å². The molecule has 0 aliphatic heterocycles. The van der Waals surface area contributed by atoms with E-state index in [0.29, 0.717) is 25.6 Å². The van der Waals surface area contributed by atoms with Crippen molar-refractivity contribution in [1.82, 2.24) is 20.9 Å². The maximum absolute atomic E-state index is 11.5. The predicted molar refractivity (Wildman–Crippen MR) is 93.9 cm³/mol. The van der Waals surface area contributed by atoms with Crippen molar-refractivity contribution in [3.63, 3.8) is 0 Å². The molecule has 8 heteroatoms. The number of amides is 1. The summed E-state index contributed by atoms with van der Waals surface area (Å²) < 4.78 is 5.17. The second-order valence-electron chi connectivity index (χ2n) is 5.92. The Morgan fingerprint density at radius 2 is 2.00 bits per heavy atom. The van der Waals surface area contributed by atoms with Crippen LogP contribution in [0.25, 0.3) is 0 Å². The highest BCUT2D eigenvalue weighted by Crippen LogP contribution is 2.11. The molecule has 0 aliphatic carbocycles. The molecule has 130 valence electrons. The summed E-state index contributed by atoms with van der Waals surface area (Å²) in [6, 6.07) is 0. The highest BCUT2D eigenvalue weighted by molar-refractivity contribution is 7.11. The van der Waals surface area contributed by atoms with Gasteiger partial charge in [0.25, 0.3) is 0 Å². The van der Waals surface area contributed by atoms with Crippen LogP contribution in [0.2, 0.25) is 0 Å². The lowest BCUT2D eigenvalue weighted by Crippen LogP contribution is -2.42. The number of hydrogen-bond donors (Lipinski definition) is 3. The lowest BCUT2D eigenvalue weighted by atomic mass is 10.2. The second kappa shape index (κ2) is 9.34. The van der Waals surface area contributed by atoms with Crippen molar-refractivity contribution < 1.29 is 9.53 Å². The molecule has 1 amide bonds. The zero-order valence-electron chi connectivity index (χ0n) is 14.5. The monoisotopic (exact) mass is 341 g/mol. The van der Waals surface area contributed by atoms with Crippen LogP contribution < -0.4 is 16.0 Å². The number of guanidine groups is 1. The number of hydrogen-bond acceptors (Lipinski definition) is 5. The van der Waals surface area contributed by atoms with Crippen LogP contribution in [0, 0.1) is 6.92 Å². The Bertz CT molecular complexity index is 522. The largest absolute Gasteiger partial charge is 0.444 e. The second-order valence-corrected chi connectivity index (χ2v) is 7.23. The first-order chi connectivity index (χ1) is 10.8. The van der Waals surface area contributed by atoms with Crippen LogP contribution in [-0.4, -0.2) is 42.3 Å². The minimum atomic E-state index is -0.486. The third kappa shape index (κ3) is 9.02. The number of carbonyl (C=O) groups excluding carboxylic acids is 1. The molecular formula is C15H27N5O2S. The van der Waals surface area contributed by atoms with Crippen molar-refractivity contribution in [2.75, 3.05) is 19.6 Å². The fourth-order valence-corrected chi connectivity index (χ4v) is 2.33. The van der Waals surface area contributed by atoms with Crippen LogP contribution in [0.15, 0.2) is 11.2 Å². The van der Waals surface area contributed by atoms with E-state index in [9.17, 15) is 4.79 Å². The molecule has 1 rings (SSSR count). The number of ether oxygens (including phenoxy) is 1. The summed E-state index contributed by atoms with van der Waals surface area (Å²) >= 11 is 1.64. The Kier molecular flexibility index (Phi) is 7.80.